The highest BCUT2D eigenvalue weighted by Crippen LogP contribution is 2.33. The van der Waals surface area contributed by atoms with Crippen molar-refractivity contribution in [1.82, 2.24) is 0 Å². The van der Waals surface area contributed by atoms with Crippen LogP contribution in [0.25, 0.3) is 0 Å². The maximum Gasteiger partial charge on any atom is 0.169 e. The maximum absolute atomic E-state index is 11.6. The summed E-state index contributed by atoms with van der Waals surface area (Å²) in [7, 11) is 0. The first-order chi connectivity index (χ1) is 11.6. The van der Waals surface area contributed by atoms with E-state index in [1.165, 1.54) is 11.3 Å². The Bertz CT molecular complexity index is 826. The van der Waals surface area contributed by atoms with Crippen molar-refractivity contribution in [3.05, 3.63) is 92.6 Å². The average Bonchev–Trinajstić information content (AvgIpc) is 3.06. The number of halogens is 1. The fourth-order valence-electron chi connectivity index (χ4n) is 2.45. The van der Waals surface area contributed by atoms with Gasteiger partial charge in [0.1, 0.15) is 6.10 Å². The zero-order valence-electron chi connectivity index (χ0n) is 13.2. The standard InChI is InChI=1S/C20H17ClO2S/c1-14(22)18-10-11-19(24-18)20(16-8-5-9-17(21)12-16)23-13-15-6-3-2-4-7-15/h2-12,20H,13H2,1H3. The number of ketones is 1. The van der Waals surface area contributed by atoms with Crippen molar-refractivity contribution in [2.24, 2.45) is 0 Å². The number of carbonyl (C=O) groups excluding carboxylic acids is 1. The number of hydrogen-bond donors (Lipinski definition) is 0. The molecule has 0 N–H and O–H groups in total. The quantitative estimate of drug-likeness (QED) is 0.513. The Morgan fingerprint density at radius 3 is 2.54 bits per heavy atom. The summed E-state index contributed by atoms with van der Waals surface area (Å²) in [4.78, 5) is 13.3. The molecule has 0 saturated carbocycles. The lowest BCUT2D eigenvalue weighted by molar-refractivity contribution is 0.0690. The molecule has 1 atom stereocenters. The largest absolute Gasteiger partial charge is 0.363 e. The van der Waals surface area contributed by atoms with Gasteiger partial charge in [-0.2, -0.15) is 0 Å². The highest BCUT2D eigenvalue weighted by Gasteiger charge is 2.18. The molecular formula is C20H17ClO2S. The minimum Gasteiger partial charge on any atom is -0.363 e. The van der Waals surface area contributed by atoms with Crippen molar-refractivity contribution in [1.29, 1.82) is 0 Å². The fourth-order valence-corrected chi connectivity index (χ4v) is 3.63. The normalized spacial score (nSPS) is 12.1. The molecule has 3 rings (SSSR count). The van der Waals surface area contributed by atoms with E-state index >= 15 is 0 Å². The molecule has 0 aliphatic carbocycles. The fraction of sp³-hybridized carbons (Fsp3) is 0.150. The van der Waals surface area contributed by atoms with Crippen LogP contribution in [0.3, 0.4) is 0 Å². The van der Waals surface area contributed by atoms with Crippen molar-refractivity contribution in [3.63, 3.8) is 0 Å². The number of Topliss-reactive ketones (excluding diaryl/α,β-unsaturated/α-hetero) is 1. The third kappa shape index (κ3) is 4.12. The van der Waals surface area contributed by atoms with Crippen LogP contribution >= 0.6 is 22.9 Å². The average molecular weight is 357 g/mol. The predicted molar refractivity (Wildman–Crippen MR) is 98.8 cm³/mol. The molecule has 1 unspecified atom stereocenters. The van der Waals surface area contributed by atoms with Gasteiger partial charge < -0.3 is 4.74 Å². The number of ether oxygens (including phenoxy) is 1. The molecule has 0 radical (unpaired) electrons. The molecule has 0 saturated heterocycles. The lowest BCUT2D eigenvalue weighted by Gasteiger charge is -2.17. The van der Waals surface area contributed by atoms with Gasteiger partial charge in [0, 0.05) is 9.90 Å². The predicted octanol–water partition coefficient (Wildman–Crippen LogP) is 5.91. The maximum atomic E-state index is 11.6. The van der Waals surface area contributed by atoms with Gasteiger partial charge in [-0.15, -0.1) is 11.3 Å². The van der Waals surface area contributed by atoms with Crippen molar-refractivity contribution in [3.8, 4) is 0 Å². The van der Waals surface area contributed by atoms with Gasteiger partial charge in [-0.25, -0.2) is 0 Å². The molecule has 3 aromatic rings. The molecule has 1 heterocycles. The molecule has 24 heavy (non-hydrogen) atoms. The van der Waals surface area contributed by atoms with E-state index in [1.807, 2.05) is 66.7 Å². The van der Waals surface area contributed by atoms with Crippen molar-refractivity contribution < 1.29 is 9.53 Å². The van der Waals surface area contributed by atoms with Crippen molar-refractivity contribution in [2.45, 2.75) is 19.6 Å². The number of benzene rings is 2. The van der Waals surface area contributed by atoms with E-state index in [0.717, 1.165) is 20.9 Å². The smallest absolute Gasteiger partial charge is 0.169 e. The van der Waals surface area contributed by atoms with E-state index in [-0.39, 0.29) is 11.9 Å². The number of thiophene rings is 1. The van der Waals surface area contributed by atoms with Gasteiger partial charge in [0.15, 0.2) is 5.78 Å². The van der Waals surface area contributed by atoms with Crippen LogP contribution in [-0.2, 0) is 11.3 Å². The lowest BCUT2D eigenvalue weighted by Crippen LogP contribution is -2.05. The Kier molecular flexibility index (Phi) is 5.46. The zero-order valence-corrected chi connectivity index (χ0v) is 14.8. The summed E-state index contributed by atoms with van der Waals surface area (Å²) in [5.41, 5.74) is 2.09. The monoisotopic (exact) mass is 356 g/mol. The van der Waals surface area contributed by atoms with E-state index < -0.39 is 0 Å². The molecule has 0 amide bonds. The molecule has 1 aromatic heterocycles. The van der Waals surface area contributed by atoms with Gasteiger partial charge >= 0.3 is 0 Å². The number of carbonyl (C=O) groups is 1. The van der Waals surface area contributed by atoms with Gasteiger partial charge in [0.05, 0.1) is 11.5 Å². The molecule has 4 heteroatoms. The summed E-state index contributed by atoms with van der Waals surface area (Å²) < 4.78 is 6.19. The molecule has 122 valence electrons. The molecule has 2 aromatic carbocycles. The van der Waals surface area contributed by atoms with E-state index in [2.05, 4.69) is 0 Å². The van der Waals surface area contributed by atoms with Crippen molar-refractivity contribution >= 4 is 28.7 Å². The van der Waals surface area contributed by atoms with Crippen LogP contribution in [0, 0.1) is 0 Å². The molecule has 0 aliphatic heterocycles. The van der Waals surface area contributed by atoms with E-state index in [9.17, 15) is 4.79 Å². The third-order valence-electron chi connectivity index (χ3n) is 3.64. The van der Waals surface area contributed by atoms with Gasteiger partial charge in [0.2, 0.25) is 0 Å². The van der Waals surface area contributed by atoms with Crippen molar-refractivity contribution in [2.75, 3.05) is 0 Å². The second-order valence-electron chi connectivity index (χ2n) is 5.49. The second kappa shape index (κ2) is 7.75. The molecular weight excluding hydrogens is 340 g/mol. The zero-order chi connectivity index (χ0) is 16.9. The molecule has 0 aliphatic rings. The lowest BCUT2D eigenvalue weighted by atomic mass is 10.1. The molecule has 2 nitrogen and oxygen atoms in total. The van der Waals surface area contributed by atoms with Crippen LogP contribution in [0.5, 0.6) is 0 Å². The van der Waals surface area contributed by atoms with Crippen LogP contribution in [0.1, 0.15) is 38.7 Å². The minimum absolute atomic E-state index is 0.0687. The second-order valence-corrected chi connectivity index (χ2v) is 7.04. The van der Waals surface area contributed by atoms with Crippen LogP contribution in [0.4, 0.5) is 0 Å². The Morgan fingerprint density at radius 1 is 1.08 bits per heavy atom. The van der Waals surface area contributed by atoms with Gasteiger partial charge in [-0.05, 0) is 42.3 Å². The first-order valence-electron chi connectivity index (χ1n) is 7.65. The van der Waals surface area contributed by atoms with Crippen LogP contribution < -0.4 is 0 Å². The van der Waals surface area contributed by atoms with E-state index in [0.29, 0.717) is 11.6 Å². The first-order valence-corrected chi connectivity index (χ1v) is 8.84. The number of hydrogen-bond acceptors (Lipinski definition) is 3. The summed E-state index contributed by atoms with van der Waals surface area (Å²) in [5.74, 6) is 0.0687. The van der Waals surface area contributed by atoms with Gasteiger partial charge in [-0.1, -0.05) is 54.1 Å². The molecule has 0 fully saturated rings. The van der Waals surface area contributed by atoms with Gasteiger partial charge in [0.25, 0.3) is 0 Å². The minimum atomic E-state index is -0.248. The van der Waals surface area contributed by atoms with Crippen LogP contribution in [0.2, 0.25) is 5.02 Å². The summed E-state index contributed by atoms with van der Waals surface area (Å²) in [5, 5.41) is 0.671. The summed E-state index contributed by atoms with van der Waals surface area (Å²) in [6.45, 7) is 2.07. The van der Waals surface area contributed by atoms with Crippen LogP contribution in [0.15, 0.2) is 66.7 Å². The van der Waals surface area contributed by atoms with E-state index in [4.69, 9.17) is 16.3 Å². The highest BCUT2D eigenvalue weighted by atomic mass is 35.5. The Labute approximate surface area is 150 Å². The highest BCUT2D eigenvalue weighted by molar-refractivity contribution is 7.14. The van der Waals surface area contributed by atoms with Crippen LogP contribution in [-0.4, -0.2) is 5.78 Å². The summed E-state index contributed by atoms with van der Waals surface area (Å²) in [6, 6.07) is 21.5. The van der Waals surface area contributed by atoms with Gasteiger partial charge in [-0.3, -0.25) is 4.79 Å². The third-order valence-corrected chi connectivity index (χ3v) is 5.11. The SMILES string of the molecule is CC(=O)c1ccc(C(OCc2ccccc2)c2cccc(Cl)c2)s1. The summed E-state index contributed by atoms with van der Waals surface area (Å²) in [6.07, 6.45) is -0.248. The number of rotatable bonds is 6. The Hall–Kier alpha value is -1.94. The summed E-state index contributed by atoms with van der Waals surface area (Å²) >= 11 is 7.61. The first kappa shape index (κ1) is 16.9. The Balaban J connectivity index is 1.89. The topological polar surface area (TPSA) is 26.3 Å². The Morgan fingerprint density at radius 2 is 1.88 bits per heavy atom. The van der Waals surface area contributed by atoms with E-state index in [1.54, 1.807) is 6.92 Å². The molecule has 0 bridgehead atoms. The molecule has 0 spiro atoms.